The molecular formula is C17H18N2O4. The van der Waals surface area contributed by atoms with Crippen molar-refractivity contribution in [1.29, 1.82) is 0 Å². The van der Waals surface area contributed by atoms with Gasteiger partial charge in [-0.3, -0.25) is 10.6 Å². The average molecular weight is 314 g/mol. The molecule has 0 aromatic heterocycles. The lowest BCUT2D eigenvalue weighted by molar-refractivity contribution is 0.187. The fourth-order valence-corrected chi connectivity index (χ4v) is 1.94. The molecule has 0 spiro atoms. The molecule has 0 fully saturated rings. The number of anilines is 2. The van der Waals surface area contributed by atoms with Crippen molar-refractivity contribution in [1.82, 2.24) is 0 Å². The van der Waals surface area contributed by atoms with Gasteiger partial charge in [0.15, 0.2) is 0 Å². The van der Waals surface area contributed by atoms with Gasteiger partial charge in [0, 0.05) is 17.4 Å². The molecule has 2 aromatic carbocycles. The fourth-order valence-electron chi connectivity index (χ4n) is 1.94. The molecular weight excluding hydrogens is 296 g/mol. The van der Waals surface area contributed by atoms with Gasteiger partial charge in [-0.1, -0.05) is 18.2 Å². The molecule has 0 unspecified atom stereocenters. The Morgan fingerprint density at radius 1 is 0.957 bits per heavy atom. The van der Waals surface area contributed by atoms with Crippen LogP contribution in [0, 0.1) is 13.8 Å². The first-order chi connectivity index (χ1) is 11.0. The molecule has 0 bridgehead atoms. The summed E-state index contributed by atoms with van der Waals surface area (Å²) in [6.07, 6.45) is -1.20. The van der Waals surface area contributed by atoms with Crippen molar-refractivity contribution >= 4 is 23.6 Å². The first-order valence-electron chi connectivity index (χ1n) is 6.99. The summed E-state index contributed by atoms with van der Waals surface area (Å²) in [4.78, 5) is 23.2. The summed E-state index contributed by atoms with van der Waals surface area (Å²) in [7, 11) is 1.27. The van der Waals surface area contributed by atoms with Gasteiger partial charge in [0.25, 0.3) is 0 Å². The lowest BCUT2D eigenvalue weighted by Gasteiger charge is -2.11. The molecule has 0 saturated carbocycles. The third kappa shape index (κ3) is 4.47. The molecule has 0 aliphatic rings. The second-order valence-corrected chi connectivity index (χ2v) is 4.91. The highest BCUT2D eigenvalue weighted by Crippen LogP contribution is 2.20. The third-order valence-electron chi connectivity index (χ3n) is 3.32. The van der Waals surface area contributed by atoms with E-state index in [1.54, 1.807) is 24.3 Å². The molecule has 23 heavy (non-hydrogen) atoms. The summed E-state index contributed by atoms with van der Waals surface area (Å²) in [6.45, 7) is 3.89. The standard InChI is InChI=1S/C17H18N2O4/c1-11-6-4-9-15(12(11)2)19-17(21)23-14-8-5-7-13(10-14)18-16(20)22-3/h4-10H,1-3H3,(H,18,20)(H,19,21). The van der Waals surface area contributed by atoms with Crippen LogP contribution in [-0.2, 0) is 4.74 Å². The number of amides is 2. The Labute approximate surface area is 134 Å². The second-order valence-electron chi connectivity index (χ2n) is 4.91. The highest BCUT2D eigenvalue weighted by atomic mass is 16.6. The summed E-state index contributed by atoms with van der Waals surface area (Å²) in [5.41, 5.74) is 3.21. The van der Waals surface area contributed by atoms with Gasteiger partial charge in [-0.15, -0.1) is 0 Å². The Morgan fingerprint density at radius 3 is 2.43 bits per heavy atom. The number of carbonyl (C=O) groups is 2. The van der Waals surface area contributed by atoms with E-state index in [9.17, 15) is 9.59 Å². The Kier molecular flexibility index (Phi) is 5.19. The highest BCUT2D eigenvalue weighted by molar-refractivity contribution is 5.88. The van der Waals surface area contributed by atoms with Gasteiger partial charge in [0.05, 0.1) is 7.11 Å². The van der Waals surface area contributed by atoms with Crippen LogP contribution in [0.2, 0.25) is 0 Å². The lowest BCUT2D eigenvalue weighted by Crippen LogP contribution is -2.18. The number of nitrogens with one attached hydrogen (secondary N) is 2. The van der Waals surface area contributed by atoms with Gasteiger partial charge in [0.1, 0.15) is 5.75 Å². The average Bonchev–Trinajstić information content (AvgIpc) is 2.52. The molecule has 0 radical (unpaired) electrons. The molecule has 0 atom stereocenters. The summed E-state index contributed by atoms with van der Waals surface area (Å²) in [6, 6.07) is 12.1. The van der Waals surface area contributed by atoms with E-state index < -0.39 is 12.2 Å². The van der Waals surface area contributed by atoms with Gasteiger partial charge in [-0.2, -0.15) is 0 Å². The van der Waals surface area contributed by atoms with Crippen LogP contribution in [0.1, 0.15) is 11.1 Å². The molecule has 2 rings (SSSR count). The molecule has 0 aliphatic heterocycles. The zero-order valence-electron chi connectivity index (χ0n) is 13.2. The van der Waals surface area contributed by atoms with E-state index in [1.165, 1.54) is 13.2 Å². The van der Waals surface area contributed by atoms with Crippen molar-refractivity contribution in [3.05, 3.63) is 53.6 Å². The molecule has 0 saturated heterocycles. The minimum Gasteiger partial charge on any atom is -0.453 e. The Hall–Kier alpha value is -3.02. The van der Waals surface area contributed by atoms with Gasteiger partial charge in [0.2, 0.25) is 0 Å². The number of hydrogen-bond donors (Lipinski definition) is 2. The van der Waals surface area contributed by atoms with Crippen molar-refractivity contribution in [2.45, 2.75) is 13.8 Å². The first kappa shape index (κ1) is 16.4. The number of aryl methyl sites for hydroxylation is 1. The number of ether oxygens (including phenoxy) is 2. The topological polar surface area (TPSA) is 76.7 Å². The minimum atomic E-state index is -0.603. The number of rotatable bonds is 3. The number of methoxy groups -OCH3 is 1. The Morgan fingerprint density at radius 2 is 1.70 bits per heavy atom. The maximum Gasteiger partial charge on any atom is 0.417 e. The van der Waals surface area contributed by atoms with E-state index in [1.807, 2.05) is 26.0 Å². The van der Waals surface area contributed by atoms with Gasteiger partial charge in [-0.05, 0) is 43.2 Å². The summed E-state index contributed by atoms with van der Waals surface area (Å²) >= 11 is 0. The van der Waals surface area contributed by atoms with Gasteiger partial charge in [-0.25, -0.2) is 9.59 Å². The summed E-state index contributed by atoms with van der Waals surface area (Å²) in [5, 5.41) is 5.20. The van der Waals surface area contributed by atoms with Crippen LogP contribution in [0.25, 0.3) is 0 Å². The predicted octanol–water partition coefficient (Wildman–Crippen LogP) is 4.09. The summed E-state index contributed by atoms with van der Waals surface area (Å²) in [5.74, 6) is 0.307. The SMILES string of the molecule is COC(=O)Nc1cccc(OC(=O)Nc2cccc(C)c2C)c1. The smallest absolute Gasteiger partial charge is 0.417 e. The van der Waals surface area contributed by atoms with E-state index in [4.69, 9.17) is 4.74 Å². The molecule has 2 aromatic rings. The quantitative estimate of drug-likeness (QED) is 0.894. The van der Waals surface area contributed by atoms with Crippen LogP contribution in [0.15, 0.2) is 42.5 Å². The van der Waals surface area contributed by atoms with E-state index in [-0.39, 0.29) is 0 Å². The maximum absolute atomic E-state index is 12.0. The van der Waals surface area contributed by atoms with E-state index in [0.717, 1.165) is 11.1 Å². The zero-order chi connectivity index (χ0) is 16.8. The van der Waals surface area contributed by atoms with Crippen LogP contribution in [0.5, 0.6) is 5.75 Å². The van der Waals surface area contributed by atoms with Crippen LogP contribution in [0.3, 0.4) is 0 Å². The number of hydrogen-bond acceptors (Lipinski definition) is 4. The molecule has 0 heterocycles. The molecule has 2 N–H and O–H groups in total. The molecule has 0 aliphatic carbocycles. The van der Waals surface area contributed by atoms with Crippen molar-refractivity contribution in [2.24, 2.45) is 0 Å². The van der Waals surface area contributed by atoms with E-state index in [2.05, 4.69) is 15.4 Å². The van der Waals surface area contributed by atoms with E-state index >= 15 is 0 Å². The molecule has 6 nitrogen and oxygen atoms in total. The minimum absolute atomic E-state index is 0.307. The predicted molar refractivity (Wildman–Crippen MR) is 88.0 cm³/mol. The van der Waals surface area contributed by atoms with E-state index in [0.29, 0.717) is 17.1 Å². The third-order valence-corrected chi connectivity index (χ3v) is 3.32. The lowest BCUT2D eigenvalue weighted by atomic mass is 10.1. The van der Waals surface area contributed by atoms with Crippen molar-refractivity contribution < 1.29 is 19.1 Å². The highest BCUT2D eigenvalue weighted by Gasteiger charge is 2.09. The molecule has 6 heteroatoms. The second kappa shape index (κ2) is 7.31. The first-order valence-corrected chi connectivity index (χ1v) is 6.99. The Bertz CT molecular complexity index is 728. The normalized spacial score (nSPS) is 9.87. The van der Waals surface area contributed by atoms with Crippen LogP contribution in [-0.4, -0.2) is 19.3 Å². The monoisotopic (exact) mass is 314 g/mol. The van der Waals surface area contributed by atoms with Gasteiger partial charge < -0.3 is 9.47 Å². The van der Waals surface area contributed by atoms with Crippen LogP contribution >= 0.6 is 0 Å². The summed E-state index contributed by atoms with van der Waals surface area (Å²) < 4.78 is 9.74. The number of benzene rings is 2. The van der Waals surface area contributed by atoms with Crippen molar-refractivity contribution in [3.8, 4) is 5.75 Å². The molecule has 2 amide bonds. The van der Waals surface area contributed by atoms with Gasteiger partial charge >= 0.3 is 12.2 Å². The fraction of sp³-hybridized carbons (Fsp3) is 0.176. The largest absolute Gasteiger partial charge is 0.453 e. The van der Waals surface area contributed by atoms with Crippen LogP contribution < -0.4 is 15.4 Å². The maximum atomic E-state index is 12.0. The zero-order valence-corrected chi connectivity index (χ0v) is 13.2. The Balaban J connectivity index is 2.04. The molecule has 120 valence electrons. The number of carbonyl (C=O) groups excluding carboxylic acids is 2. The van der Waals surface area contributed by atoms with Crippen LogP contribution in [0.4, 0.5) is 21.0 Å². The van der Waals surface area contributed by atoms with Crippen molar-refractivity contribution in [3.63, 3.8) is 0 Å². The van der Waals surface area contributed by atoms with Crippen molar-refractivity contribution in [2.75, 3.05) is 17.7 Å².